The van der Waals surface area contributed by atoms with Crippen LogP contribution in [0.25, 0.3) is 5.69 Å². The molecule has 0 saturated heterocycles. The number of para-hydroxylation sites is 1. The fraction of sp³-hybridized carbons (Fsp3) is 0.176. The van der Waals surface area contributed by atoms with Crippen LogP contribution in [-0.4, -0.2) is 25.6 Å². The van der Waals surface area contributed by atoms with Gasteiger partial charge in [-0.15, -0.1) is 10.2 Å². The Morgan fingerprint density at radius 2 is 1.64 bits per heavy atom. The number of aliphatic hydroxyl groups is 1. The summed E-state index contributed by atoms with van der Waals surface area (Å²) in [6.07, 6.45) is -0.521. The van der Waals surface area contributed by atoms with E-state index in [1.807, 2.05) is 72.2 Å². The highest BCUT2D eigenvalue weighted by atomic mass is 32.2. The van der Waals surface area contributed by atoms with Crippen molar-refractivity contribution < 1.29 is 5.11 Å². The Kier molecular flexibility index (Phi) is 4.56. The molecule has 5 heteroatoms. The normalized spacial score (nSPS) is 12.3. The number of aliphatic hydroxyl groups excluding tert-OH is 1. The molecule has 0 aliphatic rings. The molecule has 2 aromatic carbocycles. The molecule has 4 nitrogen and oxygen atoms in total. The van der Waals surface area contributed by atoms with E-state index in [0.29, 0.717) is 5.75 Å². The van der Waals surface area contributed by atoms with Gasteiger partial charge in [0.05, 0.1) is 6.10 Å². The van der Waals surface area contributed by atoms with E-state index in [-0.39, 0.29) is 0 Å². The summed E-state index contributed by atoms with van der Waals surface area (Å²) in [7, 11) is 0. The number of thioether (sulfide) groups is 1. The molecule has 22 heavy (non-hydrogen) atoms. The molecule has 0 bridgehead atoms. The molecule has 0 amide bonds. The third kappa shape index (κ3) is 3.21. The smallest absolute Gasteiger partial charge is 0.195 e. The summed E-state index contributed by atoms with van der Waals surface area (Å²) >= 11 is 1.51. The van der Waals surface area contributed by atoms with Crippen LogP contribution in [0.5, 0.6) is 0 Å². The van der Waals surface area contributed by atoms with Crippen molar-refractivity contribution in [1.82, 2.24) is 14.8 Å². The number of aromatic nitrogens is 3. The Balaban J connectivity index is 1.77. The van der Waals surface area contributed by atoms with Gasteiger partial charge in [-0.2, -0.15) is 0 Å². The van der Waals surface area contributed by atoms with Crippen LogP contribution in [0.15, 0.2) is 65.8 Å². The zero-order valence-corrected chi connectivity index (χ0v) is 13.1. The fourth-order valence-electron chi connectivity index (χ4n) is 2.24. The second kappa shape index (κ2) is 6.77. The van der Waals surface area contributed by atoms with Crippen molar-refractivity contribution in [3.63, 3.8) is 0 Å². The molecule has 3 aromatic rings. The highest BCUT2D eigenvalue weighted by molar-refractivity contribution is 7.99. The lowest BCUT2D eigenvalue weighted by molar-refractivity contribution is 0.204. The Bertz CT molecular complexity index is 728. The van der Waals surface area contributed by atoms with E-state index in [0.717, 1.165) is 22.2 Å². The number of nitrogens with zero attached hydrogens (tertiary/aromatic N) is 3. The molecule has 0 saturated carbocycles. The zero-order valence-electron chi connectivity index (χ0n) is 12.3. The molecule has 0 spiro atoms. The van der Waals surface area contributed by atoms with Crippen LogP contribution >= 0.6 is 11.8 Å². The summed E-state index contributed by atoms with van der Waals surface area (Å²) in [6, 6.07) is 19.7. The Morgan fingerprint density at radius 3 is 2.32 bits per heavy atom. The standard InChI is InChI=1S/C17H17N3OS/c1-13-18-19-17(20(13)15-10-6-3-7-11-15)22-12-16(21)14-8-4-2-5-9-14/h2-11,16,21H,12H2,1H3. The first kappa shape index (κ1) is 14.8. The van der Waals surface area contributed by atoms with Gasteiger partial charge in [0.2, 0.25) is 0 Å². The number of aryl methyl sites for hydroxylation is 1. The minimum atomic E-state index is -0.521. The van der Waals surface area contributed by atoms with Gasteiger partial charge in [-0.1, -0.05) is 60.3 Å². The van der Waals surface area contributed by atoms with E-state index >= 15 is 0 Å². The van der Waals surface area contributed by atoms with Crippen molar-refractivity contribution in [2.75, 3.05) is 5.75 Å². The highest BCUT2D eigenvalue weighted by Gasteiger charge is 2.14. The number of rotatable bonds is 5. The second-order valence-electron chi connectivity index (χ2n) is 4.94. The quantitative estimate of drug-likeness (QED) is 0.734. The van der Waals surface area contributed by atoms with Gasteiger partial charge in [0.1, 0.15) is 5.82 Å². The summed E-state index contributed by atoms with van der Waals surface area (Å²) in [4.78, 5) is 0. The molecule has 0 fully saturated rings. The summed E-state index contributed by atoms with van der Waals surface area (Å²) in [6.45, 7) is 1.93. The van der Waals surface area contributed by atoms with Crippen molar-refractivity contribution in [3.05, 3.63) is 72.1 Å². The van der Waals surface area contributed by atoms with Crippen molar-refractivity contribution in [3.8, 4) is 5.69 Å². The van der Waals surface area contributed by atoms with Crippen molar-refractivity contribution in [2.24, 2.45) is 0 Å². The lowest BCUT2D eigenvalue weighted by atomic mass is 10.1. The summed E-state index contributed by atoms with van der Waals surface area (Å²) in [5, 5.41) is 19.4. The molecule has 1 atom stereocenters. The Hall–Kier alpha value is -2.11. The van der Waals surface area contributed by atoms with E-state index in [1.54, 1.807) is 0 Å². The van der Waals surface area contributed by atoms with Crippen LogP contribution in [0, 0.1) is 6.92 Å². The monoisotopic (exact) mass is 311 g/mol. The SMILES string of the molecule is Cc1nnc(SCC(O)c2ccccc2)n1-c1ccccc1. The maximum absolute atomic E-state index is 10.3. The van der Waals surface area contributed by atoms with E-state index in [1.165, 1.54) is 11.8 Å². The van der Waals surface area contributed by atoms with Gasteiger partial charge < -0.3 is 5.11 Å². The average Bonchev–Trinajstić information content (AvgIpc) is 2.95. The lowest BCUT2D eigenvalue weighted by Gasteiger charge is -2.11. The second-order valence-corrected chi connectivity index (χ2v) is 5.93. The molecule has 112 valence electrons. The first-order valence-electron chi connectivity index (χ1n) is 7.09. The van der Waals surface area contributed by atoms with Gasteiger partial charge in [-0.3, -0.25) is 4.57 Å². The molecule has 3 rings (SSSR count). The molecule has 0 radical (unpaired) electrons. The van der Waals surface area contributed by atoms with Crippen molar-refractivity contribution in [1.29, 1.82) is 0 Å². The molecule has 1 aromatic heterocycles. The van der Waals surface area contributed by atoms with Crippen LogP contribution < -0.4 is 0 Å². The molecule has 0 aliphatic carbocycles. The average molecular weight is 311 g/mol. The number of hydrogen-bond acceptors (Lipinski definition) is 4. The molecule has 1 unspecified atom stereocenters. The maximum Gasteiger partial charge on any atom is 0.195 e. The highest BCUT2D eigenvalue weighted by Crippen LogP contribution is 2.26. The molecular weight excluding hydrogens is 294 g/mol. The van der Waals surface area contributed by atoms with E-state index in [4.69, 9.17) is 0 Å². The van der Waals surface area contributed by atoms with Gasteiger partial charge in [0, 0.05) is 11.4 Å². The zero-order chi connectivity index (χ0) is 15.4. The van der Waals surface area contributed by atoms with Gasteiger partial charge in [-0.25, -0.2) is 0 Å². The largest absolute Gasteiger partial charge is 0.388 e. The minimum absolute atomic E-state index is 0.521. The van der Waals surface area contributed by atoms with Gasteiger partial charge >= 0.3 is 0 Å². The number of benzene rings is 2. The Morgan fingerprint density at radius 1 is 1.00 bits per heavy atom. The first-order chi connectivity index (χ1) is 10.8. The third-order valence-electron chi connectivity index (χ3n) is 3.36. The van der Waals surface area contributed by atoms with Gasteiger partial charge in [0.25, 0.3) is 0 Å². The van der Waals surface area contributed by atoms with Crippen LogP contribution in [0.4, 0.5) is 0 Å². The molecule has 0 aliphatic heterocycles. The summed E-state index contributed by atoms with van der Waals surface area (Å²) in [5.74, 6) is 1.37. The van der Waals surface area contributed by atoms with E-state index in [2.05, 4.69) is 10.2 Å². The van der Waals surface area contributed by atoms with E-state index in [9.17, 15) is 5.11 Å². The van der Waals surface area contributed by atoms with Crippen molar-refractivity contribution in [2.45, 2.75) is 18.2 Å². The minimum Gasteiger partial charge on any atom is -0.388 e. The maximum atomic E-state index is 10.3. The van der Waals surface area contributed by atoms with Crippen LogP contribution in [0.2, 0.25) is 0 Å². The predicted octanol–water partition coefficient (Wildman–Crippen LogP) is 3.40. The first-order valence-corrected chi connectivity index (χ1v) is 8.07. The van der Waals surface area contributed by atoms with Gasteiger partial charge in [-0.05, 0) is 24.6 Å². The van der Waals surface area contributed by atoms with Crippen LogP contribution in [0.1, 0.15) is 17.5 Å². The van der Waals surface area contributed by atoms with Crippen molar-refractivity contribution >= 4 is 11.8 Å². The lowest BCUT2D eigenvalue weighted by Crippen LogP contribution is -2.03. The van der Waals surface area contributed by atoms with Gasteiger partial charge in [0.15, 0.2) is 5.16 Å². The number of hydrogen-bond donors (Lipinski definition) is 1. The predicted molar refractivity (Wildman–Crippen MR) is 88.2 cm³/mol. The molecule has 1 N–H and O–H groups in total. The fourth-order valence-corrected chi connectivity index (χ4v) is 3.20. The Labute approximate surface area is 133 Å². The third-order valence-corrected chi connectivity index (χ3v) is 4.37. The molecule has 1 heterocycles. The molecular formula is C17H17N3OS. The topological polar surface area (TPSA) is 50.9 Å². The van der Waals surface area contributed by atoms with Crippen LogP contribution in [-0.2, 0) is 0 Å². The van der Waals surface area contributed by atoms with E-state index < -0.39 is 6.10 Å². The van der Waals surface area contributed by atoms with Crippen LogP contribution in [0.3, 0.4) is 0 Å². The summed E-state index contributed by atoms with van der Waals surface area (Å²) in [5.41, 5.74) is 1.94. The summed E-state index contributed by atoms with van der Waals surface area (Å²) < 4.78 is 2.00.